The molecule has 5 nitrogen and oxygen atoms in total. The fourth-order valence-electron chi connectivity index (χ4n) is 1.93. The molecule has 6 heteroatoms. The van der Waals surface area contributed by atoms with Gasteiger partial charge in [0.05, 0.1) is 23.6 Å². The van der Waals surface area contributed by atoms with Crippen molar-refractivity contribution >= 4 is 23.2 Å². The van der Waals surface area contributed by atoms with Crippen molar-refractivity contribution in [3.63, 3.8) is 0 Å². The van der Waals surface area contributed by atoms with Crippen molar-refractivity contribution in [1.29, 1.82) is 0 Å². The average molecular weight is 286 g/mol. The number of nitrogens with zero attached hydrogens (tertiary/aromatic N) is 1. The van der Waals surface area contributed by atoms with Gasteiger partial charge in [-0.3, -0.25) is 4.79 Å². The highest BCUT2D eigenvalue weighted by Gasteiger charge is 2.17. The number of hydrogen-bond acceptors (Lipinski definition) is 4. The largest absolute Gasteiger partial charge is 0.397 e. The summed E-state index contributed by atoms with van der Waals surface area (Å²) in [6, 6.07) is 1.41. The van der Waals surface area contributed by atoms with Crippen LogP contribution < -0.4 is 11.1 Å². The number of amides is 1. The number of nitrogens with two attached hydrogens (primary N) is 1. The molecule has 0 aromatic carbocycles. The molecule has 0 saturated heterocycles. The highest BCUT2D eigenvalue weighted by molar-refractivity contribution is 6.29. The lowest BCUT2D eigenvalue weighted by molar-refractivity contribution is 0.0817. The van der Waals surface area contributed by atoms with E-state index in [9.17, 15) is 9.90 Å². The van der Waals surface area contributed by atoms with Gasteiger partial charge >= 0.3 is 0 Å². The predicted molar refractivity (Wildman–Crippen MR) is 76.1 cm³/mol. The van der Waals surface area contributed by atoms with Gasteiger partial charge in [-0.2, -0.15) is 0 Å². The molecular weight excluding hydrogens is 266 g/mol. The Balaban J connectivity index is 2.63. The van der Waals surface area contributed by atoms with E-state index in [4.69, 9.17) is 17.3 Å². The molecule has 0 radical (unpaired) electrons. The number of aliphatic hydroxyl groups is 1. The van der Waals surface area contributed by atoms with E-state index < -0.39 is 6.10 Å². The molecule has 0 aliphatic heterocycles. The number of aliphatic hydroxyl groups excluding tert-OH is 1. The molecule has 106 valence electrons. The number of anilines is 1. The monoisotopic (exact) mass is 285 g/mol. The van der Waals surface area contributed by atoms with E-state index in [1.54, 1.807) is 0 Å². The van der Waals surface area contributed by atoms with Crippen LogP contribution in [0.1, 0.15) is 37.0 Å². The summed E-state index contributed by atoms with van der Waals surface area (Å²) in [4.78, 5) is 15.7. The van der Waals surface area contributed by atoms with Gasteiger partial charge in [0.1, 0.15) is 5.15 Å². The molecular formula is C13H20ClN3O2. The molecule has 19 heavy (non-hydrogen) atoms. The second kappa shape index (κ2) is 7.31. The lowest BCUT2D eigenvalue weighted by atomic mass is 9.96. The zero-order chi connectivity index (χ0) is 14.4. The standard InChI is InChI=1S/C13H20ClN3O2/c1-3-8(4-2)11(18)7-17-13(19)9-5-12(14)16-6-10(9)15/h5-6,8,11,18H,3-4,7,15H2,1-2H3,(H,17,19). The Labute approximate surface area is 118 Å². The van der Waals surface area contributed by atoms with E-state index in [1.165, 1.54) is 12.3 Å². The van der Waals surface area contributed by atoms with E-state index in [0.29, 0.717) is 0 Å². The van der Waals surface area contributed by atoms with E-state index >= 15 is 0 Å². The van der Waals surface area contributed by atoms with Crippen molar-refractivity contribution < 1.29 is 9.90 Å². The minimum absolute atomic E-state index is 0.179. The predicted octanol–water partition coefficient (Wildman–Crippen LogP) is 1.84. The molecule has 1 aromatic heterocycles. The molecule has 0 bridgehead atoms. The minimum Gasteiger partial charge on any atom is -0.397 e. The molecule has 0 fully saturated rings. The Bertz CT molecular complexity index is 436. The van der Waals surface area contributed by atoms with Crippen LogP contribution in [0, 0.1) is 5.92 Å². The van der Waals surface area contributed by atoms with Crippen LogP contribution in [-0.2, 0) is 0 Å². The number of hydrogen-bond donors (Lipinski definition) is 3. The highest BCUT2D eigenvalue weighted by Crippen LogP contribution is 2.15. The third-order valence-electron chi connectivity index (χ3n) is 3.21. The first-order chi connectivity index (χ1) is 8.99. The molecule has 1 aromatic rings. The third kappa shape index (κ3) is 4.36. The van der Waals surface area contributed by atoms with Gasteiger partial charge in [-0.15, -0.1) is 0 Å². The van der Waals surface area contributed by atoms with Gasteiger partial charge in [0.15, 0.2) is 0 Å². The van der Waals surface area contributed by atoms with Crippen molar-refractivity contribution in [2.45, 2.75) is 32.8 Å². The second-order valence-electron chi connectivity index (χ2n) is 4.45. The van der Waals surface area contributed by atoms with Gasteiger partial charge in [0, 0.05) is 6.54 Å². The van der Waals surface area contributed by atoms with Crippen LogP contribution in [0.25, 0.3) is 0 Å². The van der Waals surface area contributed by atoms with Crippen LogP contribution in [0.2, 0.25) is 5.15 Å². The molecule has 1 rings (SSSR count). The minimum atomic E-state index is -0.558. The molecule has 1 unspecified atom stereocenters. The van der Waals surface area contributed by atoms with E-state index in [-0.39, 0.29) is 34.8 Å². The fraction of sp³-hybridized carbons (Fsp3) is 0.538. The zero-order valence-corrected chi connectivity index (χ0v) is 11.9. The van der Waals surface area contributed by atoms with Crippen LogP contribution in [0.5, 0.6) is 0 Å². The van der Waals surface area contributed by atoms with Crippen molar-refractivity contribution in [1.82, 2.24) is 10.3 Å². The topological polar surface area (TPSA) is 88.2 Å². The van der Waals surface area contributed by atoms with Gasteiger partial charge in [0.2, 0.25) is 0 Å². The summed E-state index contributed by atoms with van der Waals surface area (Å²) in [5, 5.41) is 12.8. The number of nitrogens with one attached hydrogen (secondary N) is 1. The number of rotatable bonds is 6. The van der Waals surface area contributed by atoms with E-state index in [2.05, 4.69) is 10.3 Å². The van der Waals surface area contributed by atoms with Crippen molar-refractivity contribution in [2.75, 3.05) is 12.3 Å². The summed E-state index contributed by atoms with van der Waals surface area (Å²) in [6.07, 6.45) is 2.53. The van der Waals surface area contributed by atoms with E-state index in [1.807, 2.05) is 13.8 Å². The fourth-order valence-corrected chi connectivity index (χ4v) is 2.09. The molecule has 0 aliphatic rings. The number of carbonyl (C=O) groups excluding carboxylic acids is 1. The number of halogens is 1. The summed E-state index contributed by atoms with van der Waals surface area (Å²) in [5.41, 5.74) is 6.20. The number of aromatic nitrogens is 1. The quantitative estimate of drug-likeness (QED) is 0.696. The van der Waals surface area contributed by atoms with Crippen LogP contribution in [0.3, 0.4) is 0 Å². The first kappa shape index (κ1) is 15.7. The maximum Gasteiger partial charge on any atom is 0.253 e. The summed E-state index contributed by atoms with van der Waals surface area (Å²) in [6.45, 7) is 4.23. The molecule has 0 aliphatic carbocycles. The van der Waals surface area contributed by atoms with Gasteiger partial charge in [-0.05, 0) is 12.0 Å². The molecule has 1 heterocycles. The lowest BCUT2D eigenvalue weighted by Gasteiger charge is -2.20. The van der Waals surface area contributed by atoms with Gasteiger partial charge in [0.25, 0.3) is 5.91 Å². The summed E-state index contributed by atoms with van der Waals surface area (Å²) >= 11 is 5.72. The number of carbonyl (C=O) groups is 1. The zero-order valence-electron chi connectivity index (χ0n) is 11.2. The Hall–Kier alpha value is -1.33. The Kier molecular flexibility index (Phi) is 6.05. The Morgan fingerprint density at radius 1 is 1.53 bits per heavy atom. The van der Waals surface area contributed by atoms with Crippen molar-refractivity contribution in [2.24, 2.45) is 5.92 Å². The molecule has 1 atom stereocenters. The molecule has 0 spiro atoms. The maximum atomic E-state index is 11.9. The maximum absolute atomic E-state index is 11.9. The van der Waals surface area contributed by atoms with Gasteiger partial charge < -0.3 is 16.2 Å². The first-order valence-electron chi connectivity index (χ1n) is 6.36. The van der Waals surface area contributed by atoms with Crippen molar-refractivity contribution in [3.05, 3.63) is 23.0 Å². The smallest absolute Gasteiger partial charge is 0.253 e. The summed E-state index contributed by atoms with van der Waals surface area (Å²) in [7, 11) is 0. The number of pyridine rings is 1. The van der Waals surface area contributed by atoms with Crippen LogP contribution >= 0.6 is 11.6 Å². The van der Waals surface area contributed by atoms with Crippen LogP contribution in [0.15, 0.2) is 12.3 Å². The second-order valence-corrected chi connectivity index (χ2v) is 4.84. The molecule has 4 N–H and O–H groups in total. The van der Waals surface area contributed by atoms with Gasteiger partial charge in [-0.1, -0.05) is 38.3 Å². The van der Waals surface area contributed by atoms with Gasteiger partial charge in [-0.25, -0.2) is 4.98 Å². The van der Waals surface area contributed by atoms with E-state index in [0.717, 1.165) is 12.8 Å². The van der Waals surface area contributed by atoms with Crippen molar-refractivity contribution in [3.8, 4) is 0 Å². The first-order valence-corrected chi connectivity index (χ1v) is 6.74. The lowest BCUT2D eigenvalue weighted by Crippen LogP contribution is -2.36. The Morgan fingerprint density at radius 3 is 2.74 bits per heavy atom. The Morgan fingerprint density at radius 2 is 2.16 bits per heavy atom. The molecule has 1 amide bonds. The normalized spacial score (nSPS) is 12.5. The highest BCUT2D eigenvalue weighted by atomic mass is 35.5. The summed E-state index contributed by atoms with van der Waals surface area (Å²) < 4.78 is 0. The van der Waals surface area contributed by atoms with Crippen LogP contribution in [0.4, 0.5) is 5.69 Å². The average Bonchev–Trinajstić information content (AvgIpc) is 2.40. The van der Waals surface area contributed by atoms with Crippen LogP contribution in [-0.4, -0.2) is 28.6 Å². The number of nitrogen functional groups attached to an aromatic ring is 1. The summed E-state index contributed by atoms with van der Waals surface area (Å²) in [5.74, 6) is -0.175. The third-order valence-corrected chi connectivity index (χ3v) is 3.42. The molecule has 0 saturated carbocycles. The SMILES string of the molecule is CCC(CC)C(O)CNC(=O)c1cc(Cl)ncc1N.